The number of esters is 1. The molecule has 4 nitrogen and oxygen atoms in total. The van der Waals surface area contributed by atoms with Crippen molar-refractivity contribution in [1.29, 1.82) is 0 Å². The molecule has 0 spiro atoms. The summed E-state index contributed by atoms with van der Waals surface area (Å²) in [6, 6.07) is 12.5. The highest BCUT2D eigenvalue weighted by Gasteiger charge is 2.22. The molecule has 0 aromatic heterocycles. The van der Waals surface area contributed by atoms with Gasteiger partial charge in [-0.25, -0.2) is 4.79 Å². The van der Waals surface area contributed by atoms with Gasteiger partial charge in [0.15, 0.2) is 6.61 Å². The summed E-state index contributed by atoms with van der Waals surface area (Å²) in [5.41, 5.74) is 2.53. The van der Waals surface area contributed by atoms with Crippen molar-refractivity contribution in [2.24, 2.45) is 0 Å². The van der Waals surface area contributed by atoms with E-state index in [2.05, 4.69) is 11.4 Å². The first kappa shape index (κ1) is 17.8. The molecule has 0 saturated carbocycles. The molecule has 3 rings (SSSR count). The molecule has 0 aliphatic heterocycles. The minimum absolute atomic E-state index is 0.0501. The highest BCUT2D eigenvalue weighted by molar-refractivity contribution is 6.35. The number of halogens is 2. The molecule has 0 radical (unpaired) electrons. The van der Waals surface area contributed by atoms with Gasteiger partial charge in [-0.15, -0.1) is 0 Å². The fourth-order valence-corrected chi connectivity index (χ4v) is 3.37. The van der Waals surface area contributed by atoms with E-state index in [1.807, 2.05) is 18.2 Å². The standard InChI is InChI=1S/C19H17Cl2NO3/c20-13-8-9-16(21)15(10-13)19(24)25-11-18(23)22-17-7-3-5-12-4-1-2-6-14(12)17/h1-2,4,6,8-10,17H,3,5,7,11H2,(H,22,23)/t17-/m1/s1. The predicted octanol–water partition coefficient (Wildman–Crippen LogP) is 4.34. The lowest BCUT2D eigenvalue weighted by Crippen LogP contribution is -2.34. The van der Waals surface area contributed by atoms with E-state index in [0.29, 0.717) is 5.02 Å². The summed E-state index contributed by atoms with van der Waals surface area (Å²) in [6.45, 7) is -0.361. The zero-order valence-corrected chi connectivity index (χ0v) is 14.9. The Bertz CT molecular complexity index is 807. The maximum Gasteiger partial charge on any atom is 0.340 e. The summed E-state index contributed by atoms with van der Waals surface area (Å²) < 4.78 is 5.06. The quantitative estimate of drug-likeness (QED) is 0.806. The zero-order chi connectivity index (χ0) is 17.8. The van der Waals surface area contributed by atoms with Gasteiger partial charge in [0.1, 0.15) is 0 Å². The van der Waals surface area contributed by atoms with Crippen LogP contribution in [0.25, 0.3) is 0 Å². The van der Waals surface area contributed by atoms with Crippen molar-refractivity contribution in [2.45, 2.75) is 25.3 Å². The number of hydrogen-bond acceptors (Lipinski definition) is 3. The Morgan fingerprint density at radius 1 is 1.16 bits per heavy atom. The first-order chi connectivity index (χ1) is 12.0. The smallest absolute Gasteiger partial charge is 0.340 e. The van der Waals surface area contributed by atoms with Crippen molar-refractivity contribution >= 4 is 35.1 Å². The average molecular weight is 378 g/mol. The number of ether oxygens (including phenoxy) is 1. The van der Waals surface area contributed by atoms with Gasteiger partial charge in [-0.3, -0.25) is 4.79 Å². The molecule has 6 heteroatoms. The van der Waals surface area contributed by atoms with Gasteiger partial charge in [0.25, 0.3) is 5.91 Å². The molecule has 130 valence electrons. The Balaban J connectivity index is 1.59. The van der Waals surface area contributed by atoms with Crippen molar-refractivity contribution in [2.75, 3.05) is 6.61 Å². The highest BCUT2D eigenvalue weighted by Crippen LogP contribution is 2.29. The van der Waals surface area contributed by atoms with Crippen LogP contribution in [0.3, 0.4) is 0 Å². The topological polar surface area (TPSA) is 55.4 Å². The molecule has 0 heterocycles. The van der Waals surface area contributed by atoms with Gasteiger partial charge < -0.3 is 10.1 Å². The largest absolute Gasteiger partial charge is 0.452 e. The van der Waals surface area contributed by atoms with Crippen molar-refractivity contribution in [1.82, 2.24) is 5.32 Å². The Hall–Kier alpha value is -2.04. The fourth-order valence-electron chi connectivity index (χ4n) is 3.00. The fraction of sp³-hybridized carbons (Fsp3) is 0.263. The number of carbonyl (C=O) groups is 2. The Kier molecular flexibility index (Phi) is 5.61. The molecule has 0 bridgehead atoms. The van der Waals surface area contributed by atoms with Crippen LogP contribution >= 0.6 is 23.2 Å². The maximum atomic E-state index is 12.2. The van der Waals surface area contributed by atoms with Gasteiger partial charge in [0, 0.05) is 5.02 Å². The van der Waals surface area contributed by atoms with Crippen LogP contribution in [0.1, 0.15) is 40.4 Å². The number of nitrogens with one attached hydrogen (secondary N) is 1. The molecule has 1 atom stereocenters. The highest BCUT2D eigenvalue weighted by atomic mass is 35.5. The number of amides is 1. The van der Waals surface area contributed by atoms with E-state index in [4.69, 9.17) is 27.9 Å². The average Bonchev–Trinajstić information content (AvgIpc) is 2.62. The lowest BCUT2D eigenvalue weighted by atomic mass is 9.88. The zero-order valence-electron chi connectivity index (χ0n) is 13.4. The molecule has 25 heavy (non-hydrogen) atoms. The van der Waals surface area contributed by atoms with Crippen LogP contribution in [-0.2, 0) is 16.0 Å². The van der Waals surface area contributed by atoms with Gasteiger partial charge in [0.05, 0.1) is 16.6 Å². The second-order valence-corrected chi connectivity index (χ2v) is 6.76. The molecule has 0 saturated heterocycles. The minimum Gasteiger partial charge on any atom is -0.452 e. The monoisotopic (exact) mass is 377 g/mol. The SMILES string of the molecule is O=C(COC(=O)c1cc(Cl)ccc1Cl)N[C@@H]1CCCc2ccccc21. The van der Waals surface area contributed by atoms with Gasteiger partial charge in [-0.05, 0) is 48.6 Å². The van der Waals surface area contributed by atoms with Gasteiger partial charge >= 0.3 is 5.97 Å². The van der Waals surface area contributed by atoms with Gasteiger partial charge in [0.2, 0.25) is 0 Å². The number of fused-ring (bicyclic) bond motifs is 1. The van der Waals surface area contributed by atoms with E-state index < -0.39 is 5.97 Å². The third-order valence-corrected chi connectivity index (χ3v) is 4.75. The van der Waals surface area contributed by atoms with E-state index in [1.54, 1.807) is 6.07 Å². The molecule has 1 amide bonds. The summed E-state index contributed by atoms with van der Waals surface area (Å²) in [5.74, 6) is -1.01. The number of hydrogen-bond donors (Lipinski definition) is 1. The Morgan fingerprint density at radius 2 is 1.96 bits per heavy atom. The normalized spacial score (nSPS) is 16.0. The molecular weight excluding hydrogens is 361 g/mol. The van der Waals surface area contributed by atoms with Crippen LogP contribution in [0.4, 0.5) is 0 Å². The first-order valence-corrected chi connectivity index (χ1v) is 8.79. The third-order valence-electron chi connectivity index (χ3n) is 4.19. The maximum absolute atomic E-state index is 12.2. The molecule has 1 aliphatic carbocycles. The van der Waals surface area contributed by atoms with Crippen molar-refractivity contribution in [3.8, 4) is 0 Å². The van der Waals surface area contributed by atoms with Crippen molar-refractivity contribution in [3.63, 3.8) is 0 Å². The molecule has 2 aromatic carbocycles. The van der Waals surface area contributed by atoms with Crippen LogP contribution in [0.5, 0.6) is 0 Å². The van der Waals surface area contributed by atoms with E-state index in [9.17, 15) is 9.59 Å². The van der Waals surface area contributed by atoms with E-state index >= 15 is 0 Å². The summed E-state index contributed by atoms with van der Waals surface area (Å²) in [7, 11) is 0. The molecule has 0 unspecified atom stereocenters. The van der Waals surface area contributed by atoms with Crippen LogP contribution < -0.4 is 5.32 Å². The third kappa shape index (κ3) is 4.33. The summed E-state index contributed by atoms with van der Waals surface area (Å²) >= 11 is 11.8. The van der Waals surface area contributed by atoms with Crippen molar-refractivity contribution < 1.29 is 14.3 Å². The second kappa shape index (κ2) is 7.89. The molecule has 1 aliphatic rings. The van der Waals surface area contributed by atoms with E-state index in [-0.39, 0.29) is 29.1 Å². The predicted molar refractivity (Wildman–Crippen MR) is 97.0 cm³/mol. The van der Waals surface area contributed by atoms with Crippen LogP contribution in [-0.4, -0.2) is 18.5 Å². The van der Waals surface area contributed by atoms with Gasteiger partial charge in [-0.1, -0.05) is 47.5 Å². The minimum atomic E-state index is -0.674. The van der Waals surface area contributed by atoms with Crippen LogP contribution in [0.2, 0.25) is 10.0 Å². The molecule has 0 fully saturated rings. The van der Waals surface area contributed by atoms with Crippen LogP contribution in [0, 0.1) is 0 Å². The molecular formula is C19H17Cl2NO3. The second-order valence-electron chi connectivity index (χ2n) is 5.91. The van der Waals surface area contributed by atoms with E-state index in [1.165, 1.54) is 17.7 Å². The summed E-state index contributed by atoms with van der Waals surface area (Å²) in [5, 5.41) is 3.54. The lowest BCUT2D eigenvalue weighted by molar-refractivity contribution is -0.125. The van der Waals surface area contributed by atoms with Gasteiger partial charge in [-0.2, -0.15) is 0 Å². The summed E-state index contributed by atoms with van der Waals surface area (Å²) in [4.78, 5) is 24.2. The summed E-state index contributed by atoms with van der Waals surface area (Å²) in [6.07, 6.45) is 2.90. The van der Waals surface area contributed by atoms with E-state index in [0.717, 1.165) is 24.8 Å². The number of benzene rings is 2. The Labute approximate surface area is 156 Å². The number of carbonyl (C=O) groups excluding carboxylic acids is 2. The lowest BCUT2D eigenvalue weighted by Gasteiger charge is -2.26. The van der Waals surface area contributed by atoms with Crippen molar-refractivity contribution in [3.05, 3.63) is 69.2 Å². The van der Waals surface area contributed by atoms with Crippen LogP contribution in [0.15, 0.2) is 42.5 Å². The molecule has 2 aromatic rings. The number of rotatable bonds is 4. The first-order valence-electron chi connectivity index (χ1n) is 8.04. The number of aryl methyl sites for hydroxylation is 1. The molecule has 1 N–H and O–H groups in total. The Morgan fingerprint density at radius 3 is 2.80 bits per heavy atom.